The number of hydrogen-bond donors (Lipinski definition) is 2. The zero-order chi connectivity index (χ0) is 14.1. The lowest BCUT2D eigenvalue weighted by Gasteiger charge is -2.02. The van der Waals surface area contributed by atoms with Gasteiger partial charge in [-0.1, -0.05) is 30.0 Å². The summed E-state index contributed by atoms with van der Waals surface area (Å²) in [6.45, 7) is 0. The highest BCUT2D eigenvalue weighted by Crippen LogP contribution is 2.32. The number of halogens is 1. The third kappa shape index (κ3) is 2.59. The average Bonchev–Trinajstić information content (AvgIpc) is 2.80. The van der Waals surface area contributed by atoms with Gasteiger partial charge in [0, 0.05) is 20.3 Å². The lowest BCUT2D eigenvalue weighted by molar-refractivity contribution is 0.0696. The molecule has 0 saturated carbocycles. The fourth-order valence-corrected chi connectivity index (χ4v) is 3.58. The molecule has 0 aliphatic carbocycles. The van der Waals surface area contributed by atoms with Crippen molar-refractivity contribution in [2.24, 2.45) is 0 Å². The van der Waals surface area contributed by atoms with E-state index in [9.17, 15) is 4.79 Å². The zero-order valence-corrected chi connectivity index (χ0v) is 12.7. The van der Waals surface area contributed by atoms with Crippen LogP contribution in [0.15, 0.2) is 62.9 Å². The number of rotatable bonds is 3. The smallest absolute Gasteiger partial charge is 0.336 e. The number of hydrogen-bond acceptors (Lipinski definition) is 2. The average molecular weight is 348 g/mol. The van der Waals surface area contributed by atoms with Crippen molar-refractivity contribution in [1.29, 1.82) is 0 Å². The van der Waals surface area contributed by atoms with Gasteiger partial charge in [0.1, 0.15) is 0 Å². The minimum absolute atomic E-state index is 0.269. The molecular formula is C15H10BrNO2S. The first-order valence-corrected chi connectivity index (χ1v) is 7.53. The number of nitrogens with one attached hydrogen (secondary N) is 1. The predicted octanol–water partition coefficient (Wildman–Crippen LogP) is 4.78. The van der Waals surface area contributed by atoms with Gasteiger partial charge in [0.25, 0.3) is 0 Å². The summed E-state index contributed by atoms with van der Waals surface area (Å²) in [5, 5.41) is 11.2. The Bertz CT molecular complexity index is 764. The molecule has 100 valence electrons. The standard InChI is InChI=1S/C15H10BrNO2S/c16-12-8-10(5-6-11(12)15(18)19)20-14-7-9-3-1-2-4-13(9)17-14/h1-8,17H,(H,18,19). The fraction of sp³-hybridized carbons (Fsp3) is 0. The summed E-state index contributed by atoms with van der Waals surface area (Å²) >= 11 is 4.86. The number of benzene rings is 2. The minimum atomic E-state index is -0.931. The largest absolute Gasteiger partial charge is 0.478 e. The highest BCUT2D eigenvalue weighted by atomic mass is 79.9. The van der Waals surface area contributed by atoms with E-state index < -0.39 is 5.97 Å². The molecule has 5 heteroatoms. The van der Waals surface area contributed by atoms with Crippen molar-refractivity contribution in [3.05, 3.63) is 58.6 Å². The number of aromatic amines is 1. The Morgan fingerprint density at radius 2 is 1.95 bits per heavy atom. The topological polar surface area (TPSA) is 53.1 Å². The molecule has 0 bridgehead atoms. The second kappa shape index (κ2) is 5.34. The normalized spacial score (nSPS) is 10.8. The summed E-state index contributed by atoms with van der Waals surface area (Å²) in [6, 6.07) is 15.4. The first-order valence-electron chi connectivity index (χ1n) is 5.92. The first kappa shape index (κ1) is 13.3. The molecule has 1 heterocycles. The van der Waals surface area contributed by atoms with E-state index in [-0.39, 0.29) is 5.56 Å². The van der Waals surface area contributed by atoms with Gasteiger partial charge in [0.15, 0.2) is 0 Å². The SMILES string of the molecule is O=C(O)c1ccc(Sc2cc3ccccc3[nH]2)cc1Br. The maximum atomic E-state index is 11.0. The molecular weight excluding hydrogens is 338 g/mol. The lowest BCUT2D eigenvalue weighted by Crippen LogP contribution is -1.96. The molecule has 2 N–H and O–H groups in total. The second-order valence-electron chi connectivity index (χ2n) is 4.27. The van der Waals surface area contributed by atoms with Gasteiger partial charge in [-0.15, -0.1) is 0 Å². The van der Waals surface area contributed by atoms with Crippen LogP contribution in [0.4, 0.5) is 0 Å². The molecule has 2 aromatic carbocycles. The maximum absolute atomic E-state index is 11.0. The maximum Gasteiger partial charge on any atom is 0.336 e. The van der Waals surface area contributed by atoms with E-state index in [1.807, 2.05) is 30.3 Å². The molecule has 3 rings (SSSR count). The molecule has 0 aliphatic rings. The fourth-order valence-electron chi connectivity index (χ4n) is 1.96. The Balaban J connectivity index is 1.90. The van der Waals surface area contributed by atoms with E-state index in [1.165, 1.54) is 0 Å². The summed E-state index contributed by atoms with van der Waals surface area (Å²) in [7, 11) is 0. The molecule has 1 aromatic heterocycles. The van der Waals surface area contributed by atoms with Crippen LogP contribution in [0.5, 0.6) is 0 Å². The Labute approximate surface area is 128 Å². The quantitative estimate of drug-likeness (QED) is 0.716. The lowest BCUT2D eigenvalue weighted by atomic mass is 10.2. The molecule has 0 aliphatic heterocycles. The summed E-state index contributed by atoms with van der Waals surface area (Å²) in [5.41, 5.74) is 1.36. The van der Waals surface area contributed by atoms with Crippen molar-refractivity contribution in [3.8, 4) is 0 Å². The monoisotopic (exact) mass is 347 g/mol. The van der Waals surface area contributed by atoms with Crippen LogP contribution in [-0.4, -0.2) is 16.1 Å². The van der Waals surface area contributed by atoms with E-state index in [0.29, 0.717) is 4.47 Å². The van der Waals surface area contributed by atoms with E-state index in [0.717, 1.165) is 20.8 Å². The molecule has 0 spiro atoms. The van der Waals surface area contributed by atoms with Gasteiger partial charge in [-0.05, 0) is 46.3 Å². The molecule has 0 fully saturated rings. The van der Waals surface area contributed by atoms with Crippen LogP contribution in [0.25, 0.3) is 10.9 Å². The van der Waals surface area contributed by atoms with Crippen LogP contribution in [0.3, 0.4) is 0 Å². The van der Waals surface area contributed by atoms with Crippen LogP contribution in [0.2, 0.25) is 0 Å². The minimum Gasteiger partial charge on any atom is -0.478 e. The highest BCUT2D eigenvalue weighted by molar-refractivity contribution is 9.10. The summed E-state index contributed by atoms with van der Waals surface area (Å²) in [4.78, 5) is 15.3. The summed E-state index contributed by atoms with van der Waals surface area (Å²) in [6.07, 6.45) is 0. The summed E-state index contributed by atoms with van der Waals surface area (Å²) in [5.74, 6) is -0.931. The number of aromatic carboxylic acids is 1. The van der Waals surface area contributed by atoms with Gasteiger partial charge in [-0.25, -0.2) is 4.79 Å². The molecule has 0 unspecified atom stereocenters. The van der Waals surface area contributed by atoms with Gasteiger partial charge < -0.3 is 10.1 Å². The van der Waals surface area contributed by atoms with E-state index in [4.69, 9.17) is 5.11 Å². The van der Waals surface area contributed by atoms with Crippen molar-refractivity contribution >= 4 is 44.6 Å². The highest BCUT2D eigenvalue weighted by Gasteiger charge is 2.09. The van der Waals surface area contributed by atoms with Gasteiger partial charge in [-0.2, -0.15) is 0 Å². The molecule has 20 heavy (non-hydrogen) atoms. The third-order valence-corrected chi connectivity index (χ3v) is 4.49. The van der Waals surface area contributed by atoms with Crippen molar-refractivity contribution in [1.82, 2.24) is 4.98 Å². The molecule has 0 saturated heterocycles. The van der Waals surface area contributed by atoms with E-state index >= 15 is 0 Å². The van der Waals surface area contributed by atoms with Gasteiger partial charge in [0.05, 0.1) is 10.6 Å². The summed E-state index contributed by atoms with van der Waals surface area (Å²) < 4.78 is 0.589. The Kier molecular flexibility index (Phi) is 3.54. The Morgan fingerprint density at radius 3 is 2.65 bits per heavy atom. The molecule has 3 nitrogen and oxygen atoms in total. The van der Waals surface area contributed by atoms with Gasteiger partial charge >= 0.3 is 5.97 Å². The van der Waals surface area contributed by atoms with Crippen molar-refractivity contribution < 1.29 is 9.90 Å². The predicted molar refractivity (Wildman–Crippen MR) is 83.5 cm³/mol. The van der Waals surface area contributed by atoms with Crippen molar-refractivity contribution in [3.63, 3.8) is 0 Å². The first-order chi connectivity index (χ1) is 9.63. The second-order valence-corrected chi connectivity index (χ2v) is 6.24. The van der Waals surface area contributed by atoms with Crippen LogP contribution in [0, 0.1) is 0 Å². The van der Waals surface area contributed by atoms with E-state index in [2.05, 4.69) is 33.0 Å². The number of carboxylic acids is 1. The number of carbonyl (C=O) groups is 1. The van der Waals surface area contributed by atoms with E-state index in [1.54, 1.807) is 17.8 Å². The zero-order valence-electron chi connectivity index (χ0n) is 10.3. The van der Waals surface area contributed by atoms with Crippen molar-refractivity contribution in [2.75, 3.05) is 0 Å². The molecule has 3 aromatic rings. The number of fused-ring (bicyclic) bond motifs is 1. The Hall–Kier alpha value is -1.72. The number of carboxylic acid groups (broad SMARTS) is 1. The van der Waals surface area contributed by atoms with Crippen LogP contribution in [-0.2, 0) is 0 Å². The van der Waals surface area contributed by atoms with Crippen LogP contribution >= 0.6 is 27.7 Å². The molecule has 0 radical (unpaired) electrons. The number of aromatic nitrogens is 1. The third-order valence-electron chi connectivity index (χ3n) is 2.90. The molecule has 0 amide bonds. The van der Waals surface area contributed by atoms with Crippen molar-refractivity contribution in [2.45, 2.75) is 9.92 Å². The molecule has 0 atom stereocenters. The van der Waals surface area contributed by atoms with Gasteiger partial charge in [-0.3, -0.25) is 0 Å². The van der Waals surface area contributed by atoms with Gasteiger partial charge in [0.2, 0.25) is 0 Å². The van der Waals surface area contributed by atoms with Crippen LogP contribution in [0.1, 0.15) is 10.4 Å². The number of para-hydroxylation sites is 1. The van der Waals surface area contributed by atoms with Crippen LogP contribution < -0.4 is 0 Å². The Morgan fingerprint density at radius 1 is 1.15 bits per heavy atom. The number of H-pyrrole nitrogens is 1.